The fraction of sp³-hybridized carbons (Fsp3) is 0.226. The molecule has 1 N–H and O–H groups in total. The van der Waals surface area contributed by atoms with Crippen molar-refractivity contribution in [3.8, 4) is 16.8 Å². The van der Waals surface area contributed by atoms with E-state index in [1.54, 1.807) is 18.3 Å². The Morgan fingerprint density at radius 1 is 0.947 bits per heavy atom. The fourth-order valence-electron chi connectivity index (χ4n) is 4.42. The largest absolute Gasteiger partial charge is 0.318 e. The van der Waals surface area contributed by atoms with Crippen LogP contribution in [0.15, 0.2) is 84.0 Å². The molecule has 194 valence electrons. The predicted molar refractivity (Wildman–Crippen MR) is 152 cm³/mol. The van der Waals surface area contributed by atoms with Crippen molar-refractivity contribution in [2.75, 3.05) is 0 Å². The second kappa shape index (κ2) is 10.8. The summed E-state index contributed by atoms with van der Waals surface area (Å²) in [6.45, 7) is 10.5. The molecule has 0 aliphatic rings. The van der Waals surface area contributed by atoms with E-state index in [2.05, 4.69) is 48.0 Å². The lowest BCUT2D eigenvalue weighted by atomic mass is 9.86. The van der Waals surface area contributed by atoms with Crippen LogP contribution < -0.4 is 5.43 Å². The average molecular weight is 509 g/mol. The number of hydrogen-bond donors (Lipinski definition) is 1. The van der Waals surface area contributed by atoms with E-state index in [9.17, 15) is 14.9 Å². The second-order valence-electron chi connectivity index (χ2n) is 10.4. The van der Waals surface area contributed by atoms with E-state index in [4.69, 9.17) is 0 Å². The number of nitro benzene ring substituents is 1. The molecule has 0 fully saturated rings. The summed E-state index contributed by atoms with van der Waals surface area (Å²) < 4.78 is 2.12. The number of carbonyl (C=O) groups is 1. The van der Waals surface area contributed by atoms with Crippen LogP contribution in [0.2, 0.25) is 0 Å². The lowest BCUT2D eigenvalue weighted by molar-refractivity contribution is -0.384. The summed E-state index contributed by atoms with van der Waals surface area (Å²) in [4.78, 5) is 22.9. The number of carbonyl (C=O) groups excluding carboxylic acids is 1. The van der Waals surface area contributed by atoms with Crippen LogP contribution in [0.1, 0.15) is 48.8 Å². The van der Waals surface area contributed by atoms with Gasteiger partial charge in [0.05, 0.1) is 17.6 Å². The summed E-state index contributed by atoms with van der Waals surface area (Å²) in [6.07, 6.45) is 1.94. The summed E-state index contributed by atoms with van der Waals surface area (Å²) in [5.74, 6) is -0.166. The maximum absolute atomic E-state index is 12.4. The molecule has 4 aromatic rings. The molecule has 3 aromatic carbocycles. The summed E-state index contributed by atoms with van der Waals surface area (Å²) >= 11 is 0. The van der Waals surface area contributed by atoms with Gasteiger partial charge >= 0.3 is 0 Å². The third kappa shape index (κ3) is 6.06. The molecular weight excluding hydrogens is 476 g/mol. The van der Waals surface area contributed by atoms with Crippen LogP contribution in [0.4, 0.5) is 5.69 Å². The molecule has 1 amide bonds. The molecule has 0 atom stereocenters. The van der Waals surface area contributed by atoms with Crippen LogP contribution in [0.25, 0.3) is 16.8 Å². The van der Waals surface area contributed by atoms with Crippen molar-refractivity contribution < 1.29 is 9.72 Å². The lowest BCUT2D eigenvalue weighted by Gasteiger charge is -2.19. The number of benzene rings is 3. The molecule has 1 aromatic heterocycles. The Hall–Kier alpha value is -4.52. The molecule has 0 aliphatic carbocycles. The number of aromatic nitrogens is 1. The summed E-state index contributed by atoms with van der Waals surface area (Å²) in [7, 11) is 0. The molecule has 0 unspecified atom stereocenters. The third-order valence-corrected chi connectivity index (χ3v) is 6.58. The molecule has 38 heavy (non-hydrogen) atoms. The maximum Gasteiger partial charge on any atom is 0.269 e. The van der Waals surface area contributed by atoms with Gasteiger partial charge in [-0.1, -0.05) is 57.2 Å². The Morgan fingerprint density at radius 2 is 1.53 bits per heavy atom. The monoisotopic (exact) mass is 508 g/mol. The number of aryl methyl sites for hydroxylation is 1. The molecule has 0 bridgehead atoms. The van der Waals surface area contributed by atoms with E-state index >= 15 is 0 Å². The number of nitrogens with zero attached hydrogens (tertiary/aromatic N) is 3. The summed E-state index contributed by atoms with van der Waals surface area (Å²) in [6, 6.07) is 24.7. The second-order valence-corrected chi connectivity index (χ2v) is 10.4. The first-order valence-corrected chi connectivity index (χ1v) is 12.5. The number of hydrogen-bond acceptors (Lipinski definition) is 4. The van der Waals surface area contributed by atoms with Crippen molar-refractivity contribution in [2.45, 2.75) is 46.5 Å². The van der Waals surface area contributed by atoms with E-state index in [-0.39, 0.29) is 23.4 Å². The molecule has 0 spiro atoms. The summed E-state index contributed by atoms with van der Waals surface area (Å²) in [5, 5.41) is 15.1. The number of non-ortho nitro benzene ring substituents is 1. The van der Waals surface area contributed by atoms with Gasteiger partial charge in [-0.15, -0.1) is 0 Å². The molecule has 4 rings (SSSR count). The van der Waals surface area contributed by atoms with Crippen molar-refractivity contribution in [3.63, 3.8) is 0 Å². The van der Waals surface area contributed by atoms with Gasteiger partial charge in [-0.3, -0.25) is 14.9 Å². The summed E-state index contributed by atoms with van der Waals surface area (Å²) in [5.41, 5.74) is 10.8. The van der Waals surface area contributed by atoms with E-state index in [0.29, 0.717) is 0 Å². The molecule has 0 aliphatic heterocycles. The van der Waals surface area contributed by atoms with Crippen LogP contribution in [0.3, 0.4) is 0 Å². The predicted octanol–water partition coefficient (Wildman–Crippen LogP) is 6.66. The van der Waals surface area contributed by atoms with Gasteiger partial charge in [-0.2, -0.15) is 5.10 Å². The molecular formula is C31H32N4O3. The third-order valence-electron chi connectivity index (χ3n) is 6.58. The molecule has 1 heterocycles. The van der Waals surface area contributed by atoms with Crippen LogP contribution in [-0.4, -0.2) is 21.6 Å². The van der Waals surface area contributed by atoms with Gasteiger partial charge in [-0.25, -0.2) is 5.43 Å². The van der Waals surface area contributed by atoms with E-state index < -0.39 is 4.92 Å². The van der Waals surface area contributed by atoms with Crippen LogP contribution in [0, 0.1) is 24.0 Å². The van der Waals surface area contributed by atoms with Crippen LogP contribution in [-0.2, 0) is 16.6 Å². The van der Waals surface area contributed by atoms with Gasteiger partial charge in [0.1, 0.15) is 0 Å². The minimum absolute atomic E-state index is 0.0732. The normalized spacial score (nSPS) is 11.6. The van der Waals surface area contributed by atoms with Crippen molar-refractivity contribution in [1.82, 2.24) is 9.99 Å². The quantitative estimate of drug-likeness (QED) is 0.172. The number of rotatable bonds is 7. The number of nitrogens with one attached hydrogen (secondary N) is 1. The molecule has 0 saturated carbocycles. The topological polar surface area (TPSA) is 89.5 Å². The Bertz CT molecular complexity index is 1470. The molecule has 7 nitrogen and oxygen atoms in total. The Balaban J connectivity index is 1.42. The van der Waals surface area contributed by atoms with E-state index in [1.165, 1.54) is 17.7 Å². The first-order chi connectivity index (χ1) is 18.0. The highest BCUT2D eigenvalue weighted by molar-refractivity contribution is 5.85. The molecule has 0 saturated heterocycles. The Kier molecular flexibility index (Phi) is 7.57. The molecule has 7 heteroatoms. The van der Waals surface area contributed by atoms with Gasteiger partial charge in [0, 0.05) is 34.8 Å². The van der Waals surface area contributed by atoms with Crippen molar-refractivity contribution in [3.05, 3.63) is 117 Å². The number of amides is 1. The Labute approximate surface area is 223 Å². The highest BCUT2D eigenvalue weighted by atomic mass is 16.6. The minimum atomic E-state index is -0.400. The van der Waals surface area contributed by atoms with Crippen molar-refractivity contribution >= 4 is 17.8 Å². The fourth-order valence-corrected chi connectivity index (χ4v) is 4.42. The van der Waals surface area contributed by atoms with Gasteiger partial charge in [0.2, 0.25) is 5.91 Å². The highest BCUT2D eigenvalue weighted by Crippen LogP contribution is 2.26. The SMILES string of the molecule is Cc1cc(/C=N\NC(=O)Cc2ccc(C(C)(C)C)cc2)c(C)n1-c1ccc(-c2ccc([N+](=O)[O-])cc2)cc1. The standard InChI is InChI=1S/C31H32N4O3/c1-21-18-26(20-32-33-30(36)19-23-6-12-27(13-7-23)31(3,4)5)22(2)34(21)28-14-8-24(9-15-28)25-10-16-29(17-11-25)35(37)38/h6-18,20H,19H2,1-5H3,(H,33,36)/b32-20-. The van der Waals surface area contributed by atoms with Crippen LogP contribution in [0.5, 0.6) is 0 Å². The maximum atomic E-state index is 12.4. The molecule has 0 radical (unpaired) electrons. The number of nitro groups is 1. The minimum Gasteiger partial charge on any atom is -0.318 e. The average Bonchev–Trinajstić information content (AvgIpc) is 3.16. The number of hydrazone groups is 1. The zero-order valence-electron chi connectivity index (χ0n) is 22.4. The van der Waals surface area contributed by atoms with Gasteiger partial charge in [0.25, 0.3) is 5.69 Å². The van der Waals surface area contributed by atoms with E-state index in [0.717, 1.165) is 39.3 Å². The van der Waals surface area contributed by atoms with Crippen molar-refractivity contribution in [1.29, 1.82) is 0 Å². The van der Waals surface area contributed by atoms with Crippen LogP contribution >= 0.6 is 0 Å². The zero-order valence-corrected chi connectivity index (χ0v) is 22.4. The van der Waals surface area contributed by atoms with Gasteiger partial charge in [0.15, 0.2) is 0 Å². The van der Waals surface area contributed by atoms with Gasteiger partial charge < -0.3 is 4.57 Å². The van der Waals surface area contributed by atoms with Gasteiger partial charge in [-0.05, 0) is 71.8 Å². The first-order valence-electron chi connectivity index (χ1n) is 12.5. The Morgan fingerprint density at radius 3 is 2.08 bits per heavy atom. The smallest absolute Gasteiger partial charge is 0.269 e. The zero-order chi connectivity index (χ0) is 27.4. The lowest BCUT2D eigenvalue weighted by Crippen LogP contribution is -2.20. The first kappa shape index (κ1) is 26.5. The van der Waals surface area contributed by atoms with E-state index in [1.807, 2.05) is 56.3 Å². The highest BCUT2D eigenvalue weighted by Gasteiger charge is 2.14. The van der Waals surface area contributed by atoms with Crippen molar-refractivity contribution in [2.24, 2.45) is 5.10 Å².